The number of benzene rings is 1. The number of fused-ring (bicyclic) bond motifs is 1. The largest absolute Gasteiger partial charge is 0.481 e. The average Bonchev–Trinajstić information content (AvgIpc) is 3.24. The molecular weight excluding hydrogens is 505 g/mol. The molecule has 1 aromatic carbocycles. The molecule has 36 heavy (non-hydrogen) atoms. The van der Waals surface area contributed by atoms with Crippen LogP contribution >= 0.6 is 23.2 Å². The van der Waals surface area contributed by atoms with Gasteiger partial charge in [-0.3, -0.25) is 14.3 Å². The first kappa shape index (κ1) is 25.9. The number of anilines is 1. The Balaban J connectivity index is 1.52. The van der Waals surface area contributed by atoms with Gasteiger partial charge in [-0.2, -0.15) is 5.10 Å². The number of hydrogen-bond acceptors (Lipinski definition) is 6. The van der Waals surface area contributed by atoms with Crippen molar-refractivity contribution in [3.8, 4) is 0 Å². The smallest absolute Gasteiger partial charge is 0.305 e. The summed E-state index contributed by atoms with van der Waals surface area (Å²) in [5, 5.41) is 30.4. The minimum absolute atomic E-state index is 0.172. The quantitative estimate of drug-likeness (QED) is 0.329. The van der Waals surface area contributed by atoms with E-state index in [1.165, 1.54) is 17.8 Å². The number of aliphatic hydroxyl groups excluding tert-OH is 1. The number of nitrogens with zero attached hydrogens (tertiary/aromatic N) is 3. The van der Waals surface area contributed by atoms with Crippen LogP contribution in [0.3, 0.4) is 0 Å². The van der Waals surface area contributed by atoms with Crippen LogP contribution in [-0.4, -0.2) is 43.4 Å². The zero-order valence-electron chi connectivity index (χ0n) is 19.7. The first-order valence-corrected chi connectivity index (χ1v) is 12.4. The number of aliphatic hydroxyl groups is 1. The van der Waals surface area contributed by atoms with Crippen LogP contribution in [0.5, 0.6) is 0 Å². The van der Waals surface area contributed by atoms with E-state index in [-0.39, 0.29) is 12.0 Å². The summed E-state index contributed by atoms with van der Waals surface area (Å²) in [7, 11) is 0. The van der Waals surface area contributed by atoms with Crippen molar-refractivity contribution in [3.05, 3.63) is 74.1 Å². The molecule has 190 valence electrons. The molecule has 4 rings (SSSR count). The number of amides is 1. The lowest BCUT2D eigenvalue weighted by molar-refractivity contribution is -0.137. The van der Waals surface area contributed by atoms with Crippen molar-refractivity contribution in [2.75, 3.05) is 11.9 Å². The number of pyridine rings is 1. The third kappa shape index (κ3) is 5.98. The van der Waals surface area contributed by atoms with Gasteiger partial charge in [0.25, 0.3) is 5.91 Å². The monoisotopic (exact) mass is 531 g/mol. The summed E-state index contributed by atoms with van der Waals surface area (Å²) in [6.45, 7) is 2.93. The fraction of sp³-hybridized carbons (Fsp3) is 0.360. The number of carbonyl (C=O) groups excluding carboxylic acids is 1. The molecule has 1 amide bonds. The highest BCUT2D eigenvalue weighted by Gasteiger charge is 2.24. The second kappa shape index (κ2) is 11.3. The maximum atomic E-state index is 13.1. The third-order valence-electron chi connectivity index (χ3n) is 6.22. The fourth-order valence-corrected chi connectivity index (χ4v) is 4.95. The lowest BCUT2D eigenvalue weighted by Crippen LogP contribution is -2.31. The van der Waals surface area contributed by atoms with E-state index in [4.69, 9.17) is 23.2 Å². The Morgan fingerprint density at radius 3 is 2.67 bits per heavy atom. The molecule has 0 fully saturated rings. The van der Waals surface area contributed by atoms with Crippen molar-refractivity contribution < 1.29 is 19.8 Å². The van der Waals surface area contributed by atoms with E-state index in [9.17, 15) is 19.8 Å². The SMILES string of the molecule is Cc1nc2c(cc1CCn1ncc(C(=O)NC(CC(=O)O)c3cc(Cl)cc(Cl)c3)c1CO)CCCN2. The summed E-state index contributed by atoms with van der Waals surface area (Å²) in [5.41, 5.74) is 4.18. The van der Waals surface area contributed by atoms with Gasteiger partial charge in [0.2, 0.25) is 0 Å². The van der Waals surface area contributed by atoms with Crippen LogP contribution in [0.15, 0.2) is 30.5 Å². The molecule has 0 spiro atoms. The summed E-state index contributed by atoms with van der Waals surface area (Å²) < 4.78 is 1.59. The van der Waals surface area contributed by atoms with Crippen LogP contribution in [0.1, 0.15) is 57.3 Å². The molecule has 11 heteroatoms. The minimum Gasteiger partial charge on any atom is -0.481 e. The maximum absolute atomic E-state index is 13.1. The number of aliphatic carboxylic acids is 1. The molecule has 0 bridgehead atoms. The van der Waals surface area contributed by atoms with Crippen molar-refractivity contribution in [2.45, 2.75) is 51.8 Å². The first-order valence-electron chi connectivity index (χ1n) is 11.6. The number of carbonyl (C=O) groups is 2. The van der Waals surface area contributed by atoms with E-state index in [1.54, 1.807) is 16.8 Å². The van der Waals surface area contributed by atoms with E-state index in [0.717, 1.165) is 36.5 Å². The molecule has 0 radical (unpaired) electrons. The van der Waals surface area contributed by atoms with E-state index in [2.05, 4.69) is 26.8 Å². The van der Waals surface area contributed by atoms with Crippen LogP contribution < -0.4 is 10.6 Å². The molecule has 1 atom stereocenters. The molecule has 0 aliphatic carbocycles. The molecule has 1 aliphatic heterocycles. The second-order valence-corrected chi connectivity index (χ2v) is 9.61. The molecule has 1 aliphatic rings. The maximum Gasteiger partial charge on any atom is 0.305 e. The van der Waals surface area contributed by atoms with Gasteiger partial charge in [-0.1, -0.05) is 29.3 Å². The van der Waals surface area contributed by atoms with Gasteiger partial charge in [-0.25, -0.2) is 4.98 Å². The highest BCUT2D eigenvalue weighted by Crippen LogP contribution is 2.27. The van der Waals surface area contributed by atoms with Gasteiger partial charge in [-0.05, 0) is 61.1 Å². The summed E-state index contributed by atoms with van der Waals surface area (Å²) in [5.74, 6) is -0.711. The van der Waals surface area contributed by atoms with Crippen LogP contribution in [0.2, 0.25) is 10.0 Å². The van der Waals surface area contributed by atoms with Gasteiger partial charge < -0.3 is 20.8 Å². The predicted octanol–water partition coefficient (Wildman–Crippen LogP) is 3.93. The topological polar surface area (TPSA) is 129 Å². The average molecular weight is 532 g/mol. The van der Waals surface area contributed by atoms with Gasteiger partial charge in [0.1, 0.15) is 5.82 Å². The van der Waals surface area contributed by atoms with Crippen molar-refractivity contribution in [3.63, 3.8) is 0 Å². The fourth-order valence-electron chi connectivity index (χ4n) is 4.40. The molecule has 3 heterocycles. The van der Waals surface area contributed by atoms with E-state index < -0.39 is 24.5 Å². The molecular formula is C25H27Cl2N5O4. The number of aromatic nitrogens is 3. The number of nitrogens with one attached hydrogen (secondary N) is 2. The number of carboxylic acid groups (broad SMARTS) is 1. The second-order valence-electron chi connectivity index (χ2n) is 8.73. The normalized spacial score (nSPS) is 13.6. The number of carboxylic acids is 1. The van der Waals surface area contributed by atoms with Gasteiger partial charge in [-0.15, -0.1) is 0 Å². The standard InChI is InChI=1S/C25H27Cl2N5O4/c1-14-15(7-16-3-2-5-28-24(16)30-14)4-6-32-22(13-33)20(12-29-32)25(36)31-21(11-23(34)35)17-8-18(26)10-19(27)9-17/h7-10,12,21,33H,2-6,11,13H2,1H3,(H,28,30)(H,31,36)(H,34,35). The summed E-state index contributed by atoms with van der Waals surface area (Å²) in [4.78, 5) is 29.2. The lowest BCUT2D eigenvalue weighted by atomic mass is 10.0. The lowest BCUT2D eigenvalue weighted by Gasteiger charge is -2.19. The van der Waals surface area contributed by atoms with Crippen molar-refractivity contribution in [1.29, 1.82) is 0 Å². The van der Waals surface area contributed by atoms with Gasteiger partial charge >= 0.3 is 5.97 Å². The van der Waals surface area contributed by atoms with Crippen LogP contribution in [0, 0.1) is 6.92 Å². The molecule has 9 nitrogen and oxygen atoms in total. The Bertz CT molecular complexity index is 1270. The molecule has 4 N–H and O–H groups in total. The Morgan fingerprint density at radius 1 is 1.22 bits per heavy atom. The van der Waals surface area contributed by atoms with Gasteiger partial charge in [0.05, 0.1) is 36.5 Å². The first-order chi connectivity index (χ1) is 17.2. The number of halogens is 2. The summed E-state index contributed by atoms with van der Waals surface area (Å²) in [6, 6.07) is 5.92. The third-order valence-corrected chi connectivity index (χ3v) is 6.66. The highest BCUT2D eigenvalue weighted by molar-refractivity contribution is 6.34. The van der Waals surface area contributed by atoms with Crippen molar-refractivity contribution in [1.82, 2.24) is 20.1 Å². The van der Waals surface area contributed by atoms with E-state index >= 15 is 0 Å². The number of aryl methyl sites for hydroxylation is 4. The molecule has 0 saturated carbocycles. The van der Waals surface area contributed by atoms with E-state index in [1.807, 2.05) is 6.92 Å². The summed E-state index contributed by atoms with van der Waals surface area (Å²) >= 11 is 12.1. The zero-order valence-corrected chi connectivity index (χ0v) is 21.2. The van der Waals surface area contributed by atoms with Crippen LogP contribution in [-0.2, 0) is 30.8 Å². The molecule has 2 aromatic heterocycles. The van der Waals surface area contributed by atoms with Crippen LogP contribution in [0.25, 0.3) is 0 Å². The Labute approximate surface area is 218 Å². The zero-order chi connectivity index (χ0) is 25.8. The van der Waals surface area contributed by atoms with E-state index in [0.29, 0.717) is 34.3 Å². The number of hydrogen-bond donors (Lipinski definition) is 4. The Morgan fingerprint density at radius 2 is 1.97 bits per heavy atom. The Hall–Kier alpha value is -3.14. The Kier molecular flexibility index (Phi) is 8.13. The molecule has 3 aromatic rings. The van der Waals surface area contributed by atoms with Crippen molar-refractivity contribution >= 4 is 40.9 Å². The van der Waals surface area contributed by atoms with Crippen molar-refractivity contribution in [2.24, 2.45) is 0 Å². The highest BCUT2D eigenvalue weighted by atomic mass is 35.5. The predicted molar refractivity (Wildman–Crippen MR) is 137 cm³/mol. The minimum atomic E-state index is -1.10. The van der Waals surface area contributed by atoms with Gasteiger partial charge in [0.15, 0.2) is 0 Å². The molecule has 0 saturated heterocycles. The summed E-state index contributed by atoms with van der Waals surface area (Å²) in [6.07, 6.45) is 3.68. The molecule has 1 unspecified atom stereocenters. The van der Waals surface area contributed by atoms with Crippen LogP contribution in [0.4, 0.5) is 5.82 Å². The number of rotatable bonds is 9. The van der Waals surface area contributed by atoms with Gasteiger partial charge in [0, 0.05) is 28.8 Å².